The molecule has 83 heavy (non-hydrogen) atoms. The molecule has 0 aromatic rings. The minimum Gasteiger partial charge on any atom is -0.469 e. The third kappa shape index (κ3) is 23.8. The molecule has 0 radical (unpaired) electrons. The van der Waals surface area contributed by atoms with Crippen LogP contribution in [0.25, 0.3) is 0 Å². The largest absolute Gasteiger partial charge is 0.469 e. The molecule has 0 aromatic heterocycles. The van der Waals surface area contributed by atoms with Gasteiger partial charge in [0.1, 0.15) is 19.8 Å². The number of unbranched alkanes of at least 4 members (excludes halogenated alkanes) is 20. The van der Waals surface area contributed by atoms with E-state index >= 15 is 0 Å². The summed E-state index contributed by atoms with van der Waals surface area (Å²) in [5.41, 5.74) is 4.98. The molecule has 0 amide bonds. The predicted molar refractivity (Wildman–Crippen MR) is 338 cm³/mol. The highest BCUT2D eigenvalue weighted by Crippen LogP contribution is 2.63. The van der Waals surface area contributed by atoms with Gasteiger partial charge in [-0.05, 0) is 163 Å². The summed E-state index contributed by atoms with van der Waals surface area (Å²) in [4.78, 5) is 63.3. The van der Waals surface area contributed by atoms with Crippen molar-refractivity contribution >= 4 is 29.8 Å². The van der Waals surface area contributed by atoms with Crippen LogP contribution in [-0.2, 0) is 47.7 Å². The summed E-state index contributed by atoms with van der Waals surface area (Å²) in [5.74, 6) is -0.157. The minimum absolute atomic E-state index is 0.0144. The van der Waals surface area contributed by atoms with Gasteiger partial charge in [0.2, 0.25) is 0 Å². The molecule has 8 atom stereocenters. The smallest absolute Gasteiger partial charge is 0.306 e. The normalized spacial score (nSPS) is 26.2. The molecule has 4 rings (SSSR count). The Balaban J connectivity index is 1.11. The van der Waals surface area contributed by atoms with Crippen LogP contribution in [0.15, 0.2) is 46.6 Å². The standard InChI is InChI=1S/C73H122O10/c1-11-12-13-14-15-16-17-18-19-20-21-22-23-24-25-26-27-28-29-30-31-38-66(75)80-53-47-57(2)43-49-71(8)60(5)45-52-73(61(6)35-33-37-64(71)73)56-83-69(78)42-41-67(76)81-54-48-58(3)44-50-72(9)62(55-82-68(77)40-39-65(74)79-10)46-51-70(7)59(4)34-32-36-63(70)72/h34-35,47-48,60,62-64H,11-33,36-46,49-56H2,1-10H3/b57-47+,58-48+/t60-,62+,63+,64-,70+,71+,72+,73-/m1/s1. The molecule has 0 aliphatic heterocycles. The molecule has 4 aliphatic rings. The Kier molecular flexibility index (Phi) is 33.3. The van der Waals surface area contributed by atoms with E-state index in [2.05, 4.69) is 80.5 Å². The van der Waals surface area contributed by atoms with E-state index in [0.29, 0.717) is 44.0 Å². The van der Waals surface area contributed by atoms with Gasteiger partial charge >= 0.3 is 29.8 Å². The molecule has 0 saturated heterocycles. The summed E-state index contributed by atoms with van der Waals surface area (Å²) in [7, 11) is 1.32. The van der Waals surface area contributed by atoms with E-state index in [4.69, 9.17) is 23.7 Å². The van der Waals surface area contributed by atoms with Gasteiger partial charge in [0, 0.05) is 11.8 Å². The lowest BCUT2D eigenvalue weighted by molar-refractivity contribution is -0.156. The molecular formula is C73H122O10. The Morgan fingerprint density at radius 3 is 1.45 bits per heavy atom. The first kappa shape index (κ1) is 71.8. The number of fused-ring (bicyclic) bond motifs is 2. The molecule has 2 fully saturated rings. The summed E-state index contributed by atoms with van der Waals surface area (Å²) >= 11 is 0. The van der Waals surface area contributed by atoms with Crippen molar-refractivity contribution in [1.82, 2.24) is 0 Å². The third-order valence-electron chi connectivity index (χ3n) is 21.8. The molecule has 10 nitrogen and oxygen atoms in total. The fraction of sp³-hybridized carbons (Fsp3) is 0.822. The highest BCUT2D eigenvalue weighted by Gasteiger charge is 2.56. The predicted octanol–water partition coefficient (Wildman–Crippen LogP) is 19.5. The van der Waals surface area contributed by atoms with Gasteiger partial charge in [-0.25, -0.2) is 0 Å². The van der Waals surface area contributed by atoms with Crippen LogP contribution in [0.4, 0.5) is 0 Å². The molecular weight excluding hydrogens is 1040 g/mol. The molecule has 10 heteroatoms. The fourth-order valence-corrected chi connectivity index (χ4v) is 15.5. The zero-order chi connectivity index (χ0) is 60.6. The number of methoxy groups -OCH3 is 1. The van der Waals surface area contributed by atoms with Crippen LogP contribution in [0.5, 0.6) is 0 Å². The molecule has 0 bridgehead atoms. The number of carbonyl (C=O) groups is 5. The molecule has 0 unspecified atom stereocenters. The number of allylic oxidation sites excluding steroid dienone is 5. The average molecular weight is 1160 g/mol. The van der Waals surface area contributed by atoms with Gasteiger partial charge < -0.3 is 23.7 Å². The number of carbonyl (C=O) groups excluding carboxylic acids is 5. The lowest BCUT2D eigenvalue weighted by atomic mass is 9.46. The first-order chi connectivity index (χ1) is 39.8. The molecule has 0 spiro atoms. The van der Waals surface area contributed by atoms with Crippen LogP contribution >= 0.6 is 0 Å². The Bertz CT molecular complexity index is 2080. The molecule has 0 N–H and O–H groups in total. The van der Waals surface area contributed by atoms with E-state index in [0.717, 1.165) is 95.5 Å². The average Bonchev–Trinajstić information content (AvgIpc) is 1.66. The zero-order valence-corrected chi connectivity index (χ0v) is 54.9. The second-order valence-corrected chi connectivity index (χ2v) is 27.5. The quantitative estimate of drug-likeness (QED) is 0.0252. The number of esters is 5. The zero-order valence-electron chi connectivity index (χ0n) is 54.9. The van der Waals surface area contributed by atoms with Crippen LogP contribution in [0, 0.1) is 45.3 Å². The number of hydrogen-bond acceptors (Lipinski definition) is 10. The maximum Gasteiger partial charge on any atom is 0.306 e. The summed E-state index contributed by atoms with van der Waals surface area (Å²) in [5, 5.41) is 0. The van der Waals surface area contributed by atoms with Gasteiger partial charge in [-0.2, -0.15) is 0 Å². The van der Waals surface area contributed by atoms with Crippen molar-refractivity contribution in [1.29, 1.82) is 0 Å². The fourth-order valence-electron chi connectivity index (χ4n) is 15.5. The second kappa shape index (κ2) is 38.5. The van der Waals surface area contributed by atoms with E-state index in [1.165, 1.54) is 146 Å². The summed E-state index contributed by atoms with van der Waals surface area (Å²) in [6.45, 7) is 21.8. The van der Waals surface area contributed by atoms with Crippen LogP contribution in [0.3, 0.4) is 0 Å². The highest BCUT2D eigenvalue weighted by atomic mass is 16.5. The van der Waals surface area contributed by atoms with Crippen molar-refractivity contribution in [3.8, 4) is 0 Å². The van der Waals surface area contributed by atoms with E-state index in [1.54, 1.807) is 0 Å². The third-order valence-corrected chi connectivity index (χ3v) is 21.8. The number of rotatable bonds is 42. The van der Waals surface area contributed by atoms with E-state index in [-0.39, 0.29) is 77.8 Å². The van der Waals surface area contributed by atoms with Gasteiger partial charge in [-0.15, -0.1) is 0 Å². The minimum atomic E-state index is -0.418. The Morgan fingerprint density at radius 1 is 0.494 bits per heavy atom. The first-order valence-corrected chi connectivity index (χ1v) is 34.2. The van der Waals surface area contributed by atoms with Crippen LogP contribution in [0.2, 0.25) is 0 Å². The lowest BCUT2D eigenvalue weighted by Crippen LogP contribution is -2.53. The number of ether oxygens (including phenoxy) is 5. The Hall–Kier alpha value is -3.69. The maximum absolute atomic E-state index is 13.4. The van der Waals surface area contributed by atoms with E-state index in [9.17, 15) is 24.0 Å². The molecule has 0 aromatic carbocycles. The van der Waals surface area contributed by atoms with Crippen molar-refractivity contribution < 1.29 is 47.7 Å². The van der Waals surface area contributed by atoms with Gasteiger partial charge in [0.05, 0.1) is 39.4 Å². The van der Waals surface area contributed by atoms with Crippen molar-refractivity contribution in [2.45, 2.75) is 306 Å². The lowest BCUT2D eigenvalue weighted by Gasteiger charge is -2.59. The molecule has 474 valence electrons. The summed E-state index contributed by atoms with van der Waals surface area (Å²) in [6.07, 6.45) is 49.6. The van der Waals surface area contributed by atoms with Gasteiger partial charge in [-0.1, -0.05) is 197 Å². The van der Waals surface area contributed by atoms with Crippen molar-refractivity contribution in [3.05, 3.63) is 46.6 Å². The maximum atomic E-state index is 13.4. The molecule has 0 heterocycles. The number of hydrogen-bond donors (Lipinski definition) is 0. The Morgan fingerprint density at radius 2 is 0.928 bits per heavy atom. The van der Waals surface area contributed by atoms with Gasteiger partial charge in [0.25, 0.3) is 0 Å². The van der Waals surface area contributed by atoms with Crippen molar-refractivity contribution in [3.63, 3.8) is 0 Å². The Labute approximate surface area is 507 Å². The van der Waals surface area contributed by atoms with E-state index in [1.807, 2.05) is 6.08 Å². The molecule has 4 aliphatic carbocycles. The van der Waals surface area contributed by atoms with Crippen LogP contribution in [-0.4, -0.2) is 63.4 Å². The van der Waals surface area contributed by atoms with Gasteiger partial charge in [0.15, 0.2) is 0 Å². The van der Waals surface area contributed by atoms with Crippen LogP contribution in [0.1, 0.15) is 306 Å². The molecule has 2 saturated carbocycles. The van der Waals surface area contributed by atoms with Crippen molar-refractivity contribution in [2.75, 3.05) is 33.5 Å². The topological polar surface area (TPSA) is 132 Å². The highest BCUT2D eigenvalue weighted by molar-refractivity contribution is 5.78. The summed E-state index contributed by atoms with van der Waals surface area (Å²) < 4.78 is 28.0. The summed E-state index contributed by atoms with van der Waals surface area (Å²) in [6, 6.07) is 0. The van der Waals surface area contributed by atoms with Crippen LogP contribution < -0.4 is 0 Å². The second-order valence-electron chi connectivity index (χ2n) is 27.5. The van der Waals surface area contributed by atoms with Gasteiger partial charge in [-0.3, -0.25) is 24.0 Å². The first-order valence-electron chi connectivity index (χ1n) is 34.2. The SMILES string of the molecule is CCCCCCCCCCCCCCCCCCCCCCCC(=O)OC/C=C(\C)CC[C@@]1(C)[C@H](C)CC[C@@]2(COC(=O)CCC(=O)OC/C=C(\C)CC[C@@]3(C)[C@H](COC(=O)CCC(=O)OC)CC[C@@]4(C)C(C)=CCC[C@H]34)C(C)=CCC[C@@H]21. The van der Waals surface area contributed by atoms with Crippen molar-refractivity contribution in [2.24, 2.45) is 45.3 Å². The monoisotopic (exact) mass is 1160 g/mol. The van der Waals surface area contributed by atoms with E-state index < -0.39 is 11.9 Å².